The largest absolute Gasteiger partial charge is 0.469 e. The molecule has 7 nitrogen and oxygen atoms in total. The van der Waals surface area contributed by atoms with Gasteiger partial charge in [0.15, 0.2) is 0 Å². The number of benzene rings is 1. The number of carbonyl (C=O) groups excluding carboxylic acids is 2. The number of ether oxygens (including phenoxy) is 2. The second-order valence-corrected chi connectivity index (χ2v) is 10.3. The number of hydrogen-bond donors (Lipinski definition) is 0. The van der Waals surface area contributed by atoms with Crippen LogP contribution in [0.2, 0.25) is 0 Å². The zero-order chi connectivity index (χ0) is 26.6. The molecular weight excluding hydrogens is 468 g/mol. The lowest BCUT2D eigenvalue weighted by molar-refractivity contribution is -0.157. The van der Waals surface area contributed by atoms with E-state index in [0.29, 0.717) is 5.75 Å². The number of rotatable bonds is 8. The minimum Gasteiger partial charge on any atom is -0.469 e. The number of likely N-dealkylation sites (tertiary alicyclic amines) is 1. The average Bonchev–Trinajstić information content (AvgIpc) is 3.30. The van der Waals surface area contributed by atoms with E-state index in [4.69, 9.17) is 13.9 Å². The van der Waals surface area contributed by atoms with Crippen LogP contribution in [0.1, 0.15) is 49.5 Å². The van der Waals surface area contributed by atoms with Crippen molar-refractivity contribution in [2.24, 2.45) is 0 Å². The van der Waals surface area contributed by atoms with E-state index >= 15 is 0 Å². The summed E-state index contributed by atoms with van der Waals surface area (Å²) in [7, 11) is 3.68. The van der Waals surface area contributed by atoms with Gasteiger partial charge in [0.25, 0.3) is 0 Å². The Hall–Kier alpha value is -3.16. The Morgan fingerprint density at radius 2 is 2.11 bits per heavy atom. The summed E-state index contributed by atoms with van der Waals surface area (Å²) in [5.41, 5.74) is 1.20. The first-order valence-corrected chi connectivity index (χ1v) is 12.9. The Bertz CT molecular complexity index is 1170. The number of methoxy groups -OCH3 is 1. The van der Waals surface area contributed by atoms with Crippen molar-refractivity contribution in [1.82, 2.24) is 9.80 Å². The molecule has 7 heteroatoms. The van der Waals surface area contributed by atoms with E-state index in [1.807, 2.05) is 55.3 Å². The summed E-state index contributed by atoms with van der Waals surface area (Å²) in [5.74, 6) is 0.929. The first kappa shape index (κ1) is 26.9. The van der Waals surface area contributed by atoms with Gasteiger partial charge in [-0.05, 0) is 69.0 Å². The number of nitrogens with zero attached hydrogens (tertiary/aromatic N) is 2. The molecule has 37 heavy (non-hydrogen) atoms. The molecule has 0 N–H and O–H groups in total. The number of furan rings is 1. The molecule has 1 saturated carbocycles. The van der Waals surface area contributed by atoms with Crippen LogP contribution in [0.15, 0.2) is 59.7 Å². The number of esters is 1. The fraction of sp³-hybridized carbons (Fsp3) is 0.467. The lowest BCUT2D eigenvalue weighted by Gasteiger charge is -2.60. The Labute approximate surface area is 219 Å². The van der Waals surface area contributed by atoms with E-state index in [1.54, 1.807) is 19.4 Å². The fourth-order valence-electron chi connectivity index (χ4n) is 6.28. The normalized spacial score (nSPS) is 26.0. The third-order valence-electron chi connectivity index (χ3n) is 8.30. The van der Waals surface area contributed by atoms with Crippen LogP contribution in [0.5, 0.6) is 5.75 Å². The first-order valence-electron chi connectivity index (χ1n) is 12.9. The third-order valence-corrected chi connectivity index (χ3v) is 8.30. The standard InChI is InChI=1S/C30H38N2O5/c1-6-16-32-17-15-29(25-8-7-9-27(19-25)37-23(3)33)20-26(12-14-30(29,21-32)35-5)31(4)28(34)11-10-24-13-18-36-22(24)2/h6-11,13,18-19,26H,1,12,14-17,20-21H2,2-5H3/b11-10+/t26-,29+,30+/m1/s1. The molecule has 2 aliphatic rings. The number of carbonyl (C=O) groups is 2. The summed E-state index contributed by atoms with van der Waals surface area (Å²) in [6, 6.07) is 9.72. The summed E-state index contributed by atoms with van der Waals surface area (Å²) >= 11 is 0. The number of piperidine rings is 1. The topological polar surface area (TPSA) is 72.2 Å². The number of fused-ring (bicyclic) bond motifs is 1. The highest BCUT2D eigenvalue weighted by molar-refractivity contribution is 5.92. The second kappa shape index (κ2) is 11.1. The van der Waals surface area contributed by atoms with Gasteiger partial charge in [0.1, 0.15) is 11.5 Å². The van der Waals surface area contributed by atoms with Crippen molar-refractivity contribution >= 4 is 18.0 Å². The van der Waals surface area contributed by atoms with Crippen molar-refractivity contribution in [2.75, 3.05) is 33.8 Å². The van der Waals surface area contributed by atoms with Gasteiger partial charge in [0.05, 0.1) is 11.9 Å². The zero-order valence-electron chi connectivity index (χ0n) is 22.4. The van der Waals surface area contributed by atoms with Gasteiger partial charge in [-0.3, -0.25) is 14.5 Å². The van der Waals surface area contributed by atoms with Crippen LogP contribution in [0.4, 0.5) is 0 Å². The molecule has 1 amide bonds. The highest BCUT2D eigenvalue weighted by Crippen LogP contribution is 2.54. The maximum Gasteiger partial charge on any atom is 0.308 e. The highest BCUT2D eigenvalue weighted by Gasteiger charge is 2.59. The Morgan fingerprint density at radius 3 is 2.78 bits per heavy atom. The summed E-state index contributed by atoms with van der Waals surface area (Å²) in [4.78, 5) is 29.1. The number of hydrogen-bond acceptors (Lipinski definition) is 6. The van der Waals surface area contributed by atoms with Crippen LogP contribution in [0.3, 0.4) is 0 Å². The van der Waals surface area contributed by atoms with Crippen molar-refractivity contribution in [3.05, 3.63) is 72.2 Å². The molecule has 2 fully saturated rings. The van der Waals surface area contributed by atoms with Crippen molar-refractivity contribution in [1.29, 1.82) is 0 Å². The molecule has 4 rings (SSSR count). The monoisotopic (exact) mass is 506 g/mol. The zero-order valence-corrected chi connectivity index (χ0v) is 22.4. The van der Waals surface area contributed by atoms with E-state index in [2.05, 4.69) is 17.5 Å². The lowest BCUT2D eigenvalue weighted by Crippen LogP contribution is -2.68. The highest BCUT2D eigenvalue weighted by atomic mass is 16.5. The molecule has 2 heterocycles. The number of likely N-dealkylation sites (N-methyl/N-ethyl adjacent to an activating group) is 1. The van der Waals surface area contributed by atoms with Crippen molar-refractivity contribution in [3.63, 3.8) is 0 Å². The van der Waals surface area contributed by atoms with Gasteiger partial charge in [0.2, 0.25) is 5.91 Å². The summed E-state index contributed by atoms with van der Waals surface area (Å²) < 4.78 is 17.2. The molecule has 0 radical (unpaired) electrons. The maximum atomic E-state index is 13.2. The molecular formula is C30H38N2O5. The number of aryl methyl sites for hydroxylation is 1. The second-order valence-electron chi connectivity index (χ2n) is 10.3. The van der Waals surface area contributed by atoms with Gasteiger partial charge in [0, 0.05) is 57.3 Å². The Balaban J connectivity index is 1.67. The Kier molecular flexibility index (Phi) is 8.05. The summed E-state index contributed by atoms with van der Waals surface area (Å²) in [6.07, 6.45) is 10.3. The van der Waals surface area contributed by atoms with Crippen LogP contribution in [0.25, 0.3) is 6.08 Å². The fourth-order valence-corrected chi connectivity index (χ4v) is 6.28. The molecule has 1 aromatic carbocycles. The Morgan fingerprint density at radius 1 is 1.30 bits per heavy atom. The predicted molar refractivity (Wildman–Crippen MR) is 143 cm³/mol. The predicted octanol–water partition coefficient (Wildman–Crippen LogP) is 4.75. The third kappa shape index (κ3) is 5.29. The minimum atomic E-state index is -0.437. The van der Waals surface area contributed by atoms with Crippen LogP contribution >= 0.6 is 0 Å². The SMILES string of the molecule is C=CCN1CC[C@@]2(c3cccc(OC(C)=O)c3)C[C@H](N(C)C(=O)/C=C/c3ccoc3C)CC[C@]2(OC)C1. The van der Waals surface area contributed by atoms with E-state index in [1.165, 1.54) is 6.92 Å². The maximum absolute atomic E-state index is 13.2. The van der Waals surface area contributed by atoms with Gasteiger partial charge in [-0.1, -0.05) is 18.2 Å². The molecule has 0 spiro atoms. The summed E-state index contributed by atoms with van der Waals surface area (Å²) in [5, 5.41) is 0. The summed E-state index contributed by atoms with van der Waals surface area (Å²) in [6.45, 7) is 9.69. The van der Waals surface area contributed by atoms with Crippen molar-refractivity contribution in [2.45, 2.75) is 56.6 Å². The molecule has 198 valence electrons. The lowest BCUT2D eigenvalue weighted by atomic mass is 9.55. The molecule has 3 atom stereocenters. The molecule has 1 aliphatic carbocycles. The van der Waals surface area contributed by atoms with Crippen molar-refractivity contribution < 1.29 is 23.5 Å². The molecule has 0 unspecified atom stereocenters. The van der Waals surface area contributed by atoms with Crippen LogP contribution in [-0.4, -0.2) is 67.1 Å². The van der Waals surface area contributed by atoms with Gasteiger partial charge in [-0.15, -0.1) is 6.58 Å². The van der Waals surface area contributed by atoms with Crippen molar-refractivity contribution in [3.8, 4) is 5.75 Å². The minimum absolute atomic E-state index is 0.0363. The van der Waals surface area contributed by atoms with Gasteiger partial charge in [-0.25, -0.2) is 0 Å². The van der Waals surface area contributed by atoms with Gasteiger partial charge < -0.3 is 18.8 Å². The van der Waals surface area contributed by atoms with E-state index < -0.39 is 5.60 Å². The van der Waals surface area contributed by atoms with Gasteiger partial charge in [-0.2, -0.15) is 0 Å². The molecule has 1 saturated heterocycles. The van der Waals surface area contributed by atoms with E-state index in [9.17, 15) is 9.59 Å². The van der Waals surface area contributed by atoms with E-state index in [-0.39, 0.29) is 23.3 Å². The van der Waals surface area contributed by atoms with Gasteiger partial charge >= 0.3 is 5.97 Å². The molecule has 2 aromatic rings. The van der Waals surface area contributed by atoms with Crippen LogP contribution in [-0.2, 0) is 19.7 Å². The molecule has 0 bridgehead atoms. The van der Waals surface area contributed by atoms with Crippen LogP contribution < -0.4 is 4.74 Å². The van der Waals surface area contributed by atoms with E-state index in [0.717, 1.165) is 62.2 Å². The number of amides is 1. The first-order chi connectivity index (χ1) is 17.7. The average molecular weight is 507 g/mol. The molecule has 1 aliphatic heterocycles. The van der Waals surface area contributed by atoms with Crippen LogP contribution in [0, 0.1) is 6.92 Å². The smallest absolute Gasteiger partial charge is 0.308 e. The molecule has 1 aromatic heterocycles. The quantitative estimate of drug-likeness (QED) is 0.223.